The Morgan fingerprint density at radius 2 is 2.35 bits per heavy atom. The second-order valence-electron chi connectivity index (χ2n) is 3.51. The van der Waals surface area contributed by atoms with E-state index in [1.807, 2.05) is 0 Å². The predicted octanol–water partition coefficient (Wildman–Crippen LogP) is 1.51. The molecule has 0 atom stereocenters. The molecule has 4 N–H and O–H groups in total. The van der Waals surface area contributed by atoms with Crippen LogP contribution < -0.4 is 11.1 Å². The van der Waals surface area contributed by atoms with Gasteiger partial charge in [-0.2, -0.15) is 0 Å². The van der Waals surface area contributed by atoms with Gasteiger partial charge >= 0.3 is 6.03 Å². The number of H-pyrrole nitrogens is 1. The van der Waals surface area contributed by atoms with Gasteiger partial charge in [-0.1, -0.05) is 6.07 Å². The summed E-state index contributed by atoms with van der Waals surface area (Å²) in [7, 11) is 0. The van der Waals surface area contributed by atoms with Crippen molar-refractivity contribution in [1.29, 1.82) is 0 Å². The van der Waals surface area contributed by atoms with Crippen LogP contribution in [0.1, 0.15) is 0 Å². The van der Waals surface area contributed by atoms with Gasteiger partial charge in [0.2, 0.25) is 0 Å². The van der Waals surface area contributed by atoms with E-state index >= 15 is 0 Å². The lowest BCUT2D eigenvalue weighted by atomic mass is 10.3. The number of imidazole rings is 1. The summed E-state index contributed by atoms with van der Waals surface area (Å²) < 4.78 is 15.6. The van der Waals surface area contributed by atoms with Crippen molar-refractivity contribution in [1.82, 2.24) is 14.9 Å². The molecule has 0 bridgehead atoms. The third kappa shape index (κ3) is 2.28. The van der Waals surface area contributed by atoms with Crippen molar-refractivity contribution in [2.45, 2.75) is 6.54 Å². The SMILES string of the molecule is NC(=O)NCCn1c(=S)[nH]c2c(F)cccc21. The highest BCUT2D eigenvalue weighted by Crippen LogP contribution is 2.16. The van der Waals surface area contributed by atoms with Crippen LogP contribution in [0.15, 0.2) is 18.2 Å². The third-order valence-corrected chi connectivity index (χ3v) is 2.72. The number of hydrogen-bond acceptors (Lipinski definition) is 2. The van der Waals surface area contributed by atoms with Crippen molar-refractivity contribution in [3.8, 4) is 0 Å². The highest BCUT2D eigenvalue weighted by molar-refractivity contribution is 7.71. The molecular weight excluding hydrogens is 243 g/mol. The number of carbonyl (C=O) groups is 1. The molecule has 7 heteroatoms. The number of nitrogens with one attached hydrogen (secondary N) is 2. The maximum atomic E-state index is 13.4. The lowest BCUT2D eigenvalue weighted by Gasteiger charge is -2.04. The van der Waals surface area contributed by atoms with Crippen LogP contribution in [0.5, 0.6) is 0 Å². The highest BCUT2D eigenvalue weighted by atomic mass is 32.1. The number of nitrogens with zero attached hydrogens (tertiary/aromatic N) is 1. The Balaban J connectivity index is 2.34. The lowest BCUT2D eigenvalue weighted by Crippen LogP contribution is -2.32. The van der Waals surface area contributed by atoms with Crippen molar-refractivity contribution < 1.29 is 9.18 Å². The highest BCUT2D eigenvalue weighted by Gasteiger charge is 2.07. The molecule has 0 spiro atoms. The van der Waals surface area contributed by atoms with Gasteiger partial charge < -0.3 is 20.6 Å². The van der Waals surface area contributed by atoms with Gasteiger partial charge in [0.15, 0.2) is 4.77 Å². The summed E-state index contributed by atoms with van der Waals surface area (Å²) in [5, 5.41) is 2.45. The molecule has 0 saturated heterocycles. The van der Waals surface area contributed by atoms with Crippen LogP contribution in [-0.2, 0) is 6.54 Å². The molecule has 0 unspecified atom stereocenters. The number of rotatable bonds is 3. The van der Waals surface area contributed by atoms with Crippen molar-refractivity contribution in [3.05, 3.63) is 28.8 Å². The first-order valence-corrected chi connectivity index (χ1v) is 5.41. The van der Waals surface area contributed by atoms with Gasteiger partial charge in [-0.05, 0) is 24.4 Å². The van der Waals surface area contributed by atoms with E-state index in [-0.39, 0.29) is 5.82 Å². The summed E-state index contributed by atoms with van der Waals surface area (Å²) in [5.74, 6) is -0.352. The molecule has 0 aliphatic carbocycles. The predicted molar refractivity (Wildman–Crippen MR) is 64.7 cm³/mol. The minimum atomic E-state index is -0.595. The quantitative estimate of drug-likeness (QED) is 0.726. The average Bonchev–Trinajstić information content (AvgIpc) is 2.57. The number of carbonyl (C=O) groups excluding carboxylic acids is 1. The number of nitrogens with two attached hydrogens (primary N) is 1. The molecule has 0 fully saturated rings. The fourth-order valence-corrected chi connectivity index (χ4v) is 1.95. The number of halogens is 1. The first-order valence-electron chi connectivity index (χ1n) is 5.00. The number of para-hydroxylation sites is 1. The van der Waals surface area contributed by atoms with Gasteiger partial charge in [-0.15, -0.1) is 0 Å². The topological polar surface area (TPSA) is 75.8 Å². The average molecular weight is 254 g/mol. The lowest BCUT2D eigenvalue weighted by molar-refractivity contribution is 0.248. The van der Waals surface area contributed by atoms with Gasteiger partial charge in [0, 0.05) is 13.1 Å². The minimum absolute atomic E-state index is 0.340. The van der Waals surface area contributed by atoms with E-state index in [9.17, 15) is 9.18 Å². The van der Waals surface area contributed by atoms with Crippen LogP contribution in [0.25, 0.3) is 11.0 Å². The van der Waals surface area contributed by atoms with Crippen molar-refractivity contribution in [2.24, 2.45) is 5.73 Å². The molecule has 0 saturated carbocycles. The Morgan fingerprint density at radius 1 is 1.59 bits per heavy atom. The zero-order chi connectivity index (χ0) is 12.4. The summed E-state index contributed by atoms with van der Waals surface area (Å²) in [5.41, 5.74) is 5.99. The number of hydrogen-bond donors (Lipinski definition) is 3. The zero-order valence-electron chi connectivity index (χ0n) is 8.87. The number of aromatic amines is 1. The minimum Gasteiger partial charge on any atom is -0.352 e. The molecule has 17 heavy (non-hydrogen) atoms. The van der Waals surface area contributed by atoms with E-state index < -0.39 is 6.03 Å². The summed E-state index contributed by atoms with van der Waals surface area (Å²) in [6.07, 6.45) is 0. The molecule has 0 aliphatic heterocycles. The van der Waals surface area contributed by atoms with Crippen molar-refractivity contribution >= 4 is 29.3 Å². The Bertz CT molecular complexity index is 618. The number of benzene rings is 1. The second kappa shape index (κ2) is 4.54. The van der Waals surface area contributed by atoms with Gasteiger partial charge in [-0.25, -0.2) is 9.18 Å². The molecular formula is C10H11FN4OS. The molecule has 0 aliphatic rings. The molecule has 1 heterocycles. The van der Waals surface area contributed by atoms with Gasteiger partial charge in [-0.3, -0.25) is 0 Å². The van der Waals surface area contributed by atoms with Crippen molar-refractivity contribution in [3.63, 3.8) is 0 Å². The van der Waals surface area contributed by atoms with Crippen LogP contribution in [0, 0.1) is 10.6 Å². The number of urea groups is 1. The molecule has 1 aromatic carbocycles. The maximum Gasteiger partial charge on any atom is 0.312 e. The fourth-order valence-electron chi connectivity index (χ4n) is 1.66. The fraction of sp³-hybridized carbons (Fsp3) is 0.200. The third-order valence-electron chi connectivity index (χ3n) is 2.39. The van der Waals surface area contributed by atoms with Crippen LogP contribution in [-0.4, -0.2) is 22.1 Å². The Morgan fingerprint density at radius 3 is 3.06 bits per heavy atom. The van der Waals surface area contributed by atoms with Crippen molar-refractivity contribution in [2.75, 3.05) is 6.54 Å². The standard InChI is InChI=1S/C10H11FN4OS/c11-6-2-1-3-7-8(6)14-10(17)15(7)5-4-13-9(12)16/h1-3H,4-5H2,(H,14,17)(H3,12,13,16). The molecule has 0 radical (unpaired) electrons. The largest absolute Gasteiger partial charge is 0.352 e. The second-order valence-corrected chi connectivity index (χ2v) is 3.89. The van der Waals surface area contributed by atoms with Crippen LogP contribution in [0.4, 0.5) is 9.18 Å². The normalized spacial score (nSPS) is 10.6. The smallest absolute Gasteiger partial charge is 0.312 e. The Hall–Kier alpha value is -1.89. The van der Waals surface area contributed by atoms with Gasteiger partial charge in [0.1, 0.15) is 11.3 Å². The molecule has 2 amide bonds. The number of fused-ring (bicyclic) bond motifs is 1. The van der Waals surface area contributed by atoms with E-state index in [1.165, 1.54) is 6.07 Å². The number of primary amides is 1. The Kier molecular flexibility index (Phi) is 3.10. The van der Waals surface area contributed by atoms with E-state index in [4.69, 9.17) is 18.0 Å². The molecule has 2 rings (SSSR count). The first kappa shape index (κ1) is 11.6. The molecule has 5 nitrogen and oxygen atoms in total. The summed E-state index contributed by atoms with van der Waals surface area (Å²) in [4.78, 5) is 13.3. The number of amides is 2. The van der Waals surface area contributed by atoms with E-state index in [2.05, 4.69) is 10.3 Å². The molecule has 2 aromatic rings. The summed E-state index contributed by atoms with van der Waals surface area (Å²) in [6.45, 7) is 0.776. The number of aromatic nitrogens is 2. The summed E-state index contributed by atoms with van der Waals surface area (Å²) >= 11 is 5.09. The summed E-state index contributed by atoms with van der Waals surface area (Å²) in [6, 6.07) is 4.13. The van der Waals surface area contributed by atoms with Gasteiger partial charge in [0.05, 0.1) is 5.52 Å². The van der Waals surface area contributed by atoms with Crippen LogP contribution >= 0.6 is 12.2 Å². The first-order chi connectivity index (χ1) is 8.09. The maximum absolute atomic E-state index is 13.4. The van der Waals surface area contributed by atoms with E-state index in [0.717, 1.165) is 0 Å². The van der Waals surface area contributed by atoms with Crippen LogP contribution in [0.2, 0.25) is 0 Å². The van der Waals surface area contributed by atoms with E-state index in [0.29, 0.717) is 28.9 Å². The van der Waals surface area contributed by atoms with Gasteiger partial charge in [0.25, 0.3) is 0 Å². The Labute approximate surface area is 101 Å². The monoisotopic (exact) mass is 254 g/mol. The molecule has 1 aromatic heterocycles. The van der Waals surface area contributed by atoms with Crippen LogP contribution in [0.3, 0.4) is 0 Å². The molecule has 90 valence electrons. The van der Waals surface area contributed by atoms with E-state index in [1.54, 1.807) is 16.7 Å². The zero-order valence-corrected chi connectivity index (χ0v) is 9.68.